The van der Waals surface area contributed by atoms with Gasteiger partial charge in [0.05, 0.1) is 0 Å². The molecule has 2 aromatic heterocycles. The first-order chi connectivity index (χ1) is 14.2. The Balaban J connectivity index is 1.34. The summed E-state index contributed by atoms with van der Waals surface area (Å²) in [6.07, 6.45) is 5.74. The number of fused-ring (bicyclic) bond motifs is 1. The average Bonchev–Trinajstić information content (AvgIpc) is 3.19. The average molecular weight is 393 g/mol. The highest BCUT2D eigenvalue weighted by atomic mass is 19.1. The number of halogens is 1. The van der Waals surface area contributed by atoms with E-state index >= 15 is 0 Å². The number of nitrogens with one attached hydrogen (secondary N) is 2. The van der Waals surface area contributed by atoms with Gasteiger partial charge in [-0.2, -0.15) is 0 Å². The molecule has 3 aromatic rings. The van der Waals surface area contributed by atoms with Crippen LogP contribution in [-0.2, 0) is 26.2 Å². The van der Waals surface area contributed by atoms with Crippen LogP contribution in [0.25, 0.3) is 0 Å². The van der Waals surface area contributed by atoms with E-state index in [0.717, 1.165) is 30.8 Å². The first kappa shape index (κ1) is 19.1. The number of pyridine rings is 1. The second kappa shape index (κ2) is 8.87. The minimum Gasteiger partial charge on any atom is -0.349 e. The summed E-state index contributed by atoms with van der Waals surface area (Å²) in [4.78, 5) is 18.8. The number of amides is 2. The lowest BCUT2D eigenvalue weighted by atomic mass is 10.1. The number of hydrogen-bond donors (Lipinski definition) is 2. The molecule has 7 heteroatoms. The smallest absolute Gasteiger partial charge is 0.315 e. The van der Waals surface area contributed by atoms with Gasteiger partial charge in [-0.25, -0.2) is 9.18 Å². The van der Waals surface area contributed by atoms with Gasteiger partial charge in [-0.15, -0.1) is 0 Å². The number of nitrogens with zero attached hydrogens (tertiary/aromatic N) is 3. The van der Waals surface area contributed by atoms with E-state index in [2.05, 4.69) is 49.5 Å². The van der Waals surface area contributed by atoms with Crippen LogP contribution in [0.3, 0.4) is 0 Å². The van der Waals surface area contributed by atoms with Crippen LogP contribution in [0.1, 0.15) is 16.8 Å². The van der Waals surface area contributed by atoms with Gasteiger partial charge in [0.1, 0.15) is 5.82 Å². The fourth-order valence-corrected chi connectivity index (χ4v) is 3.61. The molecule has 4 rings (SSSR count). The molecule has 1 aromatic carbocycles. The van der Waals surface area contributed by atoms with Crippen molar-refractivity contribution in [1.29, 1.82) is 0 Å². The summed E-state index contributed by atoms with van der Waals surface area (Å²) in [5.74, 6) is -0.284. The number of benzene rings is 1. The van der Waals surface area contributed by atoms with Crippen LogP contribution in [0.5, 0.6) is 0 Å². The Morgan fingerprint density at radius 2 is 1.97 bits per heavy atom. The maximum atomic E-state index is 13.0. The lowest BCUT2D eigenvalue weighted by molar-refractivity contribution is 0.129. The van der Waals surface area contributed by atoms with E-state index in [1.165, 1.54) is 17.8 Å². The van der Waals surface area contributed by atoms with Gasteiger partial charge < -0.3 is 15.2 Å². The van der Waals surface area contributed by atoms with Crippen molar-refractivity contribution < 1.29 is 9.18 Å². The summed E-state index contributed by atoms with van der Waals surface area (Å²) < 4.78 is 15.2. The fraction of sp³-hybridized carbons (Fsp3) is 0.273. The van der Waals surface area contributed by atoms with Crippen molar-refractivity contribution in [3.63, 3.8) is 0 Å². The molecular formula is C22H24FN5O. The normalized spacial score (nSPS) is 16.2. The highest BCUT2D eigenvalue weighted by Gasteiger charge is 2.26. The quantitative estimate of drug-likeness (QED) is 0.677. The van der Waals surface area contributed by atoms with E-state index in [0.29, 0.717) is 13.1 Å². The number of rotatable bonds is 6. The van der Waals surface area contributed by atoms with Crippen molar-refractivity contribution in [1.82, 2.24) is 25.1 Å². The Bertz CT molecular complexity index is 941. The lowest BCUT2D eigenvalue weighted by Gasteiger charge is -2.37. The van der Waals surface area contributed by atoms with Gasteiger partial charge in [0.15, 0.2) is 0 Å². The molecule has 29 heavy (non-hydrogen) atoms. The molecule has 150 valence electrons. The van der Waals surface area contributed by atoms with Crippen LogP contribution < -0.4 is 10.6 Å². The van der Waals surface area contributed by atoms with E-state index in [1.807, 2.05) is 12.3 Å². The zero-order valence-electron chi connectivity index (χ0n) is 16.1. The monoisotopic (exact) mass is 393 g/mol. The fourth-order valence-electron chi connectivity index (χ4n) is 3.61. The van der Waals surface area contributed by atoms with E-state index in [1.54, 1.807) is 18.3 Å². The van der Waals surface area contributed by atoms with Gasteiger partial charge in [-0.1, -0.05) is 18.2 Å². The zero-order valence-corrected chi connectivity index (χ0v) is 16.1. The molecule has 0 saturated heterocycles. The maximum absolute atomic E-state index is 13.0. The molecule has 0 fully saturated rings. The van der Waals surface area contributed by atoms with Crippen LogP contribution in [-0.4, -0.2) is 33.1 Å². The molecule has 2 N–H and O–H groups in total. The molecule has 0 aliphatic carbocycles. The Labute approximate surface area is 169 Å². The summed E-state index contributed by atoms with van der Waals surface area (Å²) in [7, 11) is 0. The molecule has 6 nitrogen and oxygen atoms in total. The van der Waals surface area contributed by atoms with Crippen molar-refractivity contribution in [2.45, 2.75) is 32.2 Å². The Kier molecular flexibility index (Phi) is 5.86. The number of urea groups is 1. The van der Waals surface area contributed by atoms with E-state index in [4.69, 9.17) is 0 Å². The van der Waals surface area contributed by atoms with E-state index in [9.17, 15) is 9.18 Å². The summed E-state index contributed by atoms with van der Waals surface area (Å²) >= 11 is 0. The highest BCUT2D eigenvalue weighted by Crippen LogP contribution is 2.20. The van der Waals surface area contributed by atoms with Gasteiger partial charge in [0.2, 0.25) is 0 Å². The van der Waals surface area contributed by atoms with Crippen LogP contribution in [0.4, 0.5) is 9.18 Å². The van der Waals surface area contributed by atoms with Crippen molar-refractivity contribution in [3.8, 4) is 0 Å². The molecule has 1 atom stereocenters. The predicted molar refractivity (Wildman–Crippen MR) is 108 cm³/mol. The van der Waals surface area contributed by atoms with Crippen molar-refractivity contribution >= 4 is 6.03 Å². The second-order valence-electron chi connectivity index (χ2n) is 7.26. The third-order valence-electron chi connectivity index (χ3n) is 5.19. The van der Waals surface area contributed by atoms with Crippen LogP contribution >= 0.6 is 0 Å². The van der Waals surface area contributed by atoms with E-state index < -0.39 is 0 Å². The Hall–Kier alpha value is -3.19. The van der Waals surface area contributed by atoms with Crippen LogP contribution in [0.15, 0.2) is 67.1 Å². The molecule has 0 radical (unpaired) electrons. The summed E-state index contributed by atoms with van der Waals surface area (Å²) in [5, 5.41) is 5.81. The van der Waals surface area contributed by atoms with Gasteiger partial charge >= 0.3 is 6.03 Å². The molecule has 0 spiro atoms. The summed E-state index contributed by atoms with van der Waals surface area (Å²) in [6, 6.07) is 14.3. The maximum Gasteiger partial charge on any atom is 0.315 e. The Morgan fingerprint density at radius 1 is 1.10 bits per heavy atom. The molecule has 1 aliphatic heterocycles. The number of carbonyl (C=O) groups is 1. The second-order valence-corrected chi connectivity index (χ2v) is 7.26. The van der Waals surface area contributed by atoms with Gasteiger partial charge in [-0.3, -0.25) is 9.88 Å². The largest absolute Gasteiger partial charge is 0.349 e. The minimum absolute atomic E-state index is 0.173. The molecule has 1 aliphatic rings. The molecule has 0 saturated carbocycles. The molecule has 3 heterocycles. The number of carbonyl (C=O) groups excluding carboxylic acids is 1. The molecular weight excluding hydrogens is 369 g/mol. The molecule has 1 unspecified atom stereocenters. The zero-order chi connectivity index (χ0) is 20.1. The van der Waals surface area contributed by atoms with E-state index in [-0.39, 0.29) is 17.9 Å². The summed E-state index contributed by atoms with van der Waals surface area (Å²) in [6.45, 7) is 3.32. The van der Waals surface area contributed by atoms with Gasteiger partial charge in [-0.05, 0) is 41.5 Å². The highest BCUT2D eigenvalue weighted by molar-refractivity contribution is 5.73. The third-order valence-corrected chi connectivity index (χ3v) is 5.19. The topological polar surface area (TPSA) is 62.2 Å². The SMILES string of the molecule is O=C(NCc1ccc(F)cc1)NCC1Cn2cccc2CN1Cc1cccnc1. The van der Waals surface area contributed by atoms with Gasteiger partial charge in [0.25, 0.3) is 0 Å². The van der Waals surface area contributed by atoms with Gasteiger partial charge in [0, 0.05) is 63.1 Å². The minimum atomic E-state index is -0.284. The standard InChI is InChI=1S/C22H24FN5O/c23-19-7-5-17(6-8-19)12-25-22(29)26-13-21-16-27-10-2-4-20(27)15-28(21)14-18-3-1-9-24-11-18/h1-11,21H,12-16H2,(H2,25,26,29). The van der Waals surface area contributed by atoms with Crippen molar-refractivity contribution in [2.24, 2.45) is 0 Å². The number of hydrogen-bond acceptors (Lipinski definition) is 3. The lowest BCUT2D eigenvalue weighted by Crippen LogP contribution is -2.50. The third kappa shape index (κ3) is 5.00. The molecule has 0 bridgehead atoms. The predicted octanol–water partition coefficient (Wildman–Crippen LogP) is 2.91. The Morgan fingerprint density at radius 3 is 2.76 bits per heavy atom. The summed E-state index contributed by atoms with van der Waals surface area (Å²) in [5.41, 5.74) is 3.28. The van der Waals surface area contributed by atoms with Crippen molar-refractivity contribution in [2.75, 3.05) is 6.54 Å². The van der Waals surface area contributed by atoms with Crippen LogP contribution in [0.2, 0.25) is 0 Å². The first-order valence-corrected chi connectivity index (χ1v) is 9.70. The first-order valence-electron chi connectivity index (χ1n) is 9.70. The van der Waals surface area contributed by atoms with Crippen molar-refractivity contribution in [3.05, 3.63) is 89.8 Å². The van der Waals surface area contributed by atoms with Crippen LogP contribution in [0, 0.1) is 5.82 Å². The molecule has 2 amide bonds. The number of aromatic nitrogens is 2.